The molecule has 3 aromatic carbocycles. The number of unbranched alkanes of at least 4 members (excludes halogenated alkanes) is 16. The largest absolute Gasteiger partial charge is 0.423 e. The van der Waals surface area contributed by atoms with Gasteiger partial charge in [-0.25, -0.2) is 4.79 Å². The molecule has 0 aliphatic carbocycles. The fourth-order valence-corrected chi connectivity index (χ4v) is 6.04. The lowest BCUT2D eigenvalue weighted by Gasteiger charge is -2.14. The average molecular weight is 627 g/mol. The molecule has 0 saturated heterocycles. The van der Waals surface area contributed by atoms with E-state index in [1.807, 2.05) is 48.5 Å². The fraction of sp³-hybridized carbons (Fsp3) is 0.558. The van der Waals surface area contributed by atoms with Crippen molar-refractivity contribution >= 4 is 5.97 Å². The molecule has 252 valence electrons. The van der Waals surface area contributed by atoms with Gasteiger partial charge in [-0.15, -0.1) is 0 Å². The van der Waals surface area contributed by atoms with Crippen molar-refractivity contribution in [2.75, 3.05) is 6.61 Å². The first kappa shape index (κ1) is 37.5. The summed E-state index contributed by atoms with van der Waals surface area (Å²) in [5.41, 5.74) is 5.29. The van der Waals surface area contributed by atoms with Crippen LogP contribution in [0.1, 0.15) is 164 Å². The van der Waals surface area contributed by atoms with E-state index in [1.54, 1.807) is 0 Å². The molecule has 0 aliphatic rings. The summed E-state index contributed by atoms with van der Waals surface area (Å²) >= 11 is 0. The molecule has 3 nitrogen and oxygen atoms in total. The van der Waals surface area contributed by atoms with Gasteiger partial charge in [0, 0.05) is 6.61 Å². The summed E-state index contributed by atoms with van der Waals surface area (Å²) in [6.07, 6.45) is 25.4. The Labute approximate surface area is 281 Å². The number of ether oxygens (including phenoxy) is 2. The maximum absolute atomic E-state index is 12.8. The Bertz CT molecular complexity index is 1180. The van der Waals surface area contributed by atoms with E-state index in [0.29, 0.717) is 11.3 Å². The SMILES string of the molecule is CCCCCCCCCCCCCCCCOC(C)c1ccc(OC(=O)c2ccc(-c3ccc(CCCCCC)cc3)cc2)cc1. The van der Waals surface area contributed by atoms with Crippen LogP contribution in [0.25, 0.3) is 11.1 Å². The summed E-state index contributed by atoms with van der Waals surface area (Å²) in [5, 5.41) is 0. The van der Waals surface area contributed by atoms with Crippen LogP contribution in [0.15, 0.2) is 72.8 Å². The minimum absolute atomic E-state index is 0.0226. The van der Waals surface area contributed by atoms with Crippen molar-refractivity contribution < 1.29 is 14.3 Å². The van der Waals surface area contributed by atoms with Gasteiger partial charge in [-0.2, -0.15) is 0 Å². The van der Waals surface area contributed by atoms with E-state index in [-0.39, 0.29) is 12.1 Å². The lowest BCUT2D eigenvalue weighted by atomic mass is 10.0. The second-order valence-electron chi connectivity index (χ2n) is 13.2. The third-order valence-corrected chi connectivity index (χ3v) is 9.15. The Morgan fingerprint density at radius 1 is 0.543 bits per heavy atom. The van der Waals surface area contributed by atoms with Crippen molar-refractivity contribution in [2.24, 2.45) is 0 Å². The monoisotopic (exact) mass is 626 g/mol. The van der Waals surface area contributed by atoms with Crippen LogP contribution >= 0.6 is 0 Å². The number of hydrogen-bond acceptors (Lipinski definition) is 3. The first-order valence-corrected chi connectivity index (χ1v) is 18.7. The normalized spacial score (nSPS) is 11.9. The molecule has 0 aromatic heterocycles. The number of rotatable bonds is 25. The van der Waals surface area contributed by atoms with E-state index in [0.717, 1.165) is 36.1 Å². The summed E-state index contributed by atoms with van der Waals surface area (Å²) < 4.78 is 11.8. The van der Waals surface area contributed by atoms with Gasteiger partial charge in [-0.1, -0.05) is 165 Å². The van der Waals surface area contributed by atoms with Crippen molar-refractivity contribution in [2.45, 2.75) is 149 Å². The maximum atomic E-state index is 12.8. The summed E-state index contributed by atoms with van der Waals surface area (Å²) in [7, 11) is 0. The van der Waals surface area contributed by atoms with Gasteiger partial charge in [0.2, 0.25) is 0 Å². The Morgan fingerprint density at radius 3 is 1.52 bits per heavy atom. The molecule has 1 unspecified atom stereocenters. The molecule has 0 heterocycles. The number of esters is 1. The van der Waals surface area contributed by atoms with Crippen LogP contribution in [0.5, 0.6) is 5.75 Å². The molecule has 46 heavy (non-hydrogen) atoms. The smallest absolute Gasteiger partial charge is 0.343 e. The molecular formula is C43H62O3. The molecule has 0 bridgehead atoms. The van der Waals surface area contributed by atoms with Gasteiger partial charge in [-0.05, 0) is 72.7 Å². The minimum Gasteiger partial charge on any atom is -0.423 e. The maximum Gasteiger partial charge on any atom is 0.343 e. The van der Waals surface area contributed by atoms with Crippen molar-refractivity contribution in [1.29, 1.82) is 0 Å². The van der Waals surface area contributed by atoms with Gasteiger partial charge >= 0.3 is 5.97 Å². The van der Waals surface area contributed by atoms with E-state index in [4.69, 9.17) is 9.47 Å². The van der Waals surface area contributed by atoms with E-state index < -0.39 is 0 Å². The van der Waals surface area contributed by atoms with Crippen LogP contribution < -0.4 is 4.74 Å². The number of carbonyl (C=O) groups excluding carboxylic acids is 1. The average Bonchev–Trinajstić information content (AvgIpc) is 3.09. The predicted molar refractivity (Wildman–Crippen MR) is 196 cm³/mol. The Balaban J connectivity index is 1.27. The molecule has 0 radical (unpaired) electrons. The molecule has 0 amide bonds. The van der Waals surface area contributed by atoms with Crippen molar-refractivity contribution in [1.82, 2.24) is 0 Å². The highest BCUT2D eigenvalue weighted by atomic mass is 16.5. The van der Waals surface area contributed by atoms with Crippen LogP contribution in [0, 0.1) is 0 Å². The van der Waals surface area contributed by atoms with Crippen molar-refractivity contribution in [3.63, 3.8) is 0 Å². The highest BCUT2D eigenvalue weighted by Crippen LogP contribution is 2.24. The molecule has 1 atom stereocenters. The first-order chi connectivity index (χ1) is 22.6. The number of hydrogen-bond donors (Lipinski definition) is 0. The topological polar surface area (TPSA) is 35.5 Å². The summed E-state index contributed by atoms with van der Waals surface area (Å²) in [6, 6.07) is 24.2. The zero-order valence-corrected chi connectivity index (χ0v) is 29.4. The molecule has 0 saturated carbocycles. The molecule has 0 N–H and O–H groups in total. The van der Waals surface area contributed by atoms with E-state index in [2.05, 4.69) is 45.0 Å². The Kier molecular flexibility index (Phi) is 19.1. The number of carbonyl (C=O) groups is 1. The second kappa shape index (κ2) is 23.4. The van der Waals surface area contributed by atoms with E-state index in [1.165, 1.54) is 115 Å². The lowest BCUT2D eigenvalue weighted by molar-refractivity contribution is 0.0627. The molecule has 0 spiro atoms. The van der Waals surface area contributed by atoms with Gasteiger partial charge < -0.3 is 9.47 Å². The minimum atomic E-state index is -0.344. The third kappa shape index (κ3) is 15.1. The molecule has 3 aromatic rings. The van der Waals surface area contributed by atoms with Crippen molar-refractivity contribution in [3.05, 3.63) is 89.5 Å². The van der Waals surface area contributed by atoms with Crippen LogP contribution in [-0.4, -0.2) is 12.6 Å². The molecule has 0 aliphatic heterocycles. The van der Waals surface area contributed by atoms with Crippen molar-refractivity contribution in [3.8, 4) is 16.9 Å². The van der Waals surface area contributed by atoms with E-state index >= 15 is 0 Å². The fourth-order valence-electron chi connectivity index (χ4n) is 6.04. The first-order valence-electron chi connectivity index (χ1n) is 18.7. The molecule has 0 fully saturated rings. The number of benzene rings is 3. The van der Waals surface area contributed by atoms with Crippen LogP contribution in [-0.2, 0) is 11.2 Å². The van der Waals surface area contributed by atoms with Crippen LogP contribution in [0.3, 0.4) is 0 Å². The highest BCUT2D eigenvalue weighted by Gasteiger charge is 2.11. The standard InChI is InChI=1S/C43H62O3/c1-4-6-8-10-11-12-13-14-15-16-17-18-19-21-35-45-36(3)38-31-33-42(34-32-38)46-43(44)41-29-27-40(28-30-41)39-25-23-37(24-26-39)22-20-9-7-5-2/h23-34,36H,4-22,35H2,1-3H3. The predicted octanol–water partition coefficient (Wildman–Crippen LogP) is 13.3. The Hall–Kier alpha value is -2.91. The summed E-state index contributed by atoms with van der Waals surface area (Å²) in [6.45, 7) is 7.41. The molecule has 3 rings (SSSR count). The third-order valence-electron chi connectivity index (χ3n) is 9.15. The van der Waals surface area contributed by atoms with Gasteiger partial charge in [0.05, 0.1) is 11.7 Å². The zero-order valence-electron chi connectivity index (χ0n) is 29.4. The van der Waals surface area contributed by atoms with Crippen LogP contribution in [0.2, 0.25) is 0 Å². The van der Waals surface area contributed by atoms with Gasteiger partial charge in [-0.3, -0.25) is 0 Å². The van der Waals surface area contributed by atoms with Gasteiger partial charge in [0.15, 0.2) is 0 Å². The number of aryl methyl sites for hydroxylation is 1. The molecule has 3 heteroatoms. The van der Waals surface area contributed by atoms with Crippen LogP contribution in [0.4, 0.5) is 0 Å². The Morgan fingerprint density at radius 2 is 1.00 bits per heavy atom. The highest BCUT2D eigenvalue weighted by molar-refractivity contribution is 5.91. The van der Waals surface area contributed by atoms with E-state index in [9.17, 15) is 4.79 Å². The van der Waals surface area contributed by atoms with Gasteiger partial charge in [0.1, 0.15) is 5.75 Å². The summed E-state index contributed by atoms with van der Waals surface area (Å²) in [5.74, 6) is 0.204. The zero-order chi connectivity index (χ0) is 32.7. The summed E-state index contributed by atoms with van der Waals surface area (Å²) in [4.78, 5) is 12.8. The van der Waals surface area contributed by atoms with Gasteiger partial charge in [0.25, 0.3) is 0 Å². The second-order valence-corrected chi connectivity index (χ2v) is 13.2. The lowest BCUT2D eigenvalue weighted by Crippen LogP contribution is -2.08. The quantitative estimate of drug-likeness (QED) is 0.0533. The molecular weight excluding hydrogens is 564 g/mol.